The van der Waals surface area contributed by atoms with E-state index in [1.54, 1.807) is 0 Å². The fourth-order valence-corrected chi connectivity index (χ4v) is 0.981. The van der Waals surface area contributed by atoms with Crippen LogP contribution in [-0.2, 0) is 0 Å². The highest BCUT2D eigenvalue weighted by Gasteiger charge is 2.05. The second-order valence-corrected chi connectivity index (χ2v) is 3.15. The average Bonchev–Trinajstić information content (AvgIpc) is 1.98. The van der Waals surface area contributed by atoms with Gasteiger partial charge in [-0.15, -0.1) is 11.6 Å². The molecule has 0 rings (SSSR count). The number of nitrogens with zero attached hydrogens (tertiary/aromatic N) is 1. The van der Waals surface area contributed by atoms with Crippen LogP contribution in [0.1, 0.15) is 26.7 Å². The molecule has 0 aliphatic heterocycles. The maximum Gasteiger partial charge on any atom is 0.0376 e. The molecule has 0 N–H and O–H groups in total. The molecule has 0 amide bonds. The van der Waals surface area contributed by atoms with E-state index in [0.29, 0.717) is 6.04 Å². The highest BCUT2D eigenvalue weighted by molar-refractivity contribution is 6.18. The van der Waals surface area contributed by atoms with Crippen molar-refractivity contribution in [2.24, 2.45) is 0 Å². The number of unbranched alkanes of at least 4 members (excludes halogenated alkanes) is 1. The molecule has 0 aromatic carbocycles. The van der Waals surface area contributed by atoms with Crippen LogP contribution < -0.4 is 0 Å². The molecule has 0 fully saturated rings. The Bertz CT molecular complexity index is 75.7. The number of hydrogen-bond acceptors (Lipinski definition) is 1. The predicted octanol–water partition coefficient (Wildman–Crippen LogP) is 2.35. The fraction of sp³-hybridized carbons (Fsp3) is 1.00. The first-order chi connectivity index (χ1) is 4.72. The minimum atomic E-state index is 0.521. The van der Waals surface area contributed by atoms with Gasteiger partial charge in [0.1, 0.15) is 0 Å². The van der Waals surface area contributed by atoms with Crippen LogP contribution in [0.5, 0.6) is 0 Å². The van der Waals surface area contributed by atoms with Crippen LogP contribution in [0.25, 0.3) is 0 Å². The van der Waals surface area contributed by atoms with Gasteiger partial charge in [-0.25, -0.2) is 0 Å². The van der Waals surface area contributed by atoms with Crippen molar-refractivity contribution in [1.82, 2.24) is 4.90 Å². The molecule has 0 aliphatic rings. The van der Waals surface area contributed by atoms with Gasteiger partial charge in [0.05, 0.1) is 0 Å². The smallest absolute Gasteiger partial charge is 0.0376 e. The molecule has 0 spiro atoms. The molecule has 0 saturated heterocycles. The zero-order valence-corrected chi connectivity index (χ0v) is 7.99. The lowest BCUT2D eigenvalue weighted by molar-refractivity contribution is 0.272. The van der Waals surface area contributed by atoms with Crippen molar-refractivity contribution in [3.63, 3.8) is 0 Å². The SMILES string of the molecule is CCCCN(C)C(C)CCl. The Hall–Kier alpha value is 0.250. The number of hydrogen-bond donors (Lipinski definition) is 0. The van der Waals surface area contributed by atoms with Gasteiger partial charge in [0.15, 0.2) is 0 Å². The molecule has 1 unspecified atom stereocenters. The maximum atomic E-state index is 5.68. The summed E-state index contributed by atoms with van der Waals surface area (Å²) < 4.78 is 0. The van der Waals surface area contributed by atoms with Gasteiger partial charge in [-0.2, -0.15) is 0 Å². The number of rotatable bonds is 5. The van der Waals surface area contributed by atoms with E-state index in [4.69, 9.17) is 11.6 Å². The quantitative estimate of drug-likeness (QED) is 0.563. The molecular formula is C8H18ClN. The first-order valence-electron chi connectivity index (χ1n) is 3.98. The molecular weight excluding hydrogens is 146 g/mol. The summed E-state index contributed by atoms with van der Waals surface area (Å²) >= 11 is 5.68. The van der Waals surface area contributed by atoms with Crippen molar-refractivity contribution < 1.29 is 0 Å². The van der Waals surface area contributed by atoms with Crippen molar-refractivity contribution >= 4 is 11.6 Å². The van der Waals surface area contributed by atoms with E-state index in [1.165, 1.54) is 19.4 Å². The maximum absolute atomic E-state index is 5.68. The highest BCUT2D eigenvalue weighted by atomic mass is 35.5. The standard InChI is InChI=1S/C8H18ClN/c1-4-5-6-10(3)8(2)7-9/h8H,4-7H2,1-3H3. The van der Waals surface area contributed by atoms with Gasteiger partial charge in [0, 0.05) is 11.9 Å². The van der Waals surface area contributed by atoms with Crippen LogP contribution in [0.4, 0.5) is 0 Å². The van der Waals surface area contributed by atoms with Crippen LogP contribution in [0.3, 0.4) is 0 Å². The highest BCUT2D eigenvalue weighted by Crippen LogP contribution is 1.99. The molecule has 0 aliphatic carbocycles. The van der Waals surface area contributed by atoms with E-state index in [-0.39, 0.29) is 0 Å². The third-order valence-corrected chi connectivity index (χ3v) is 2.29. The van der Waals surface area contributed by atoms with Crippen LogP contribution in [-0.4, -0.2) is 30.4 Å². The summed E-state index contributed by atoms with van der Waals surface area (Å²) in [4.78, 5) is 2.30. The van der Waals surface area contributed by atoms with Crippen molar-refractivity contribution in [3.05, 3.63) is 0 Å². The van der Waals surface area contributed by atoms with Crippen LogP contribution >= 0.6 is 11.6 Å². The van der Waals surface area contributed by atoms with Gasteiger partial charge in [-0.3, -0.25) is 0 Å². The van der Waals surface area contributed by atoms with Crippen molar-refractivity contribution in [3.8, 4) is 0 Å². The van der Waals surface area contributed by atoms with Crippen molar-refractivity contribution in [2.75, 3.05) is 19.5 Å². The lowest BCUT2D eigenvalue weighted by atomic mass is 10.3. The topological polar surface area (TPSA) is 3.24 Å². The Labute approximate surface area is 69.4 Å². The Morgan fingerprint density at radius 1 is 1.50 bits per heavy atom. The summed E-state index contributed by atoms with van der Waals surface area (Å²) in [6.45, 7) is 5.53. The Morgan fingerprint density at radius 3 is 2.50 bits per heavy atom. The lowest BCUT2D eigenvalue weighted by Gasteiger charge is -2.21. The molecule has 1 atom stereocenters. The van der Waals surface area contributed by atoms with Crippen LogP contribution in [0.2, 0.25) is 0 Å². The molecule has 62 valence electrons. The third-order valence-electron chi connectivity index (χ3n) is 1.84. The van der Waals surface area contributed by atoms with E-state index in [1.807, 2.05) is 0 Å². The minimum absolute atomic E-state index is 0.521. The van der Waals surface area contributed by atoms with Gasteiger partial charge < -0.3 is 4.90 Å². The summed E-state index contributed by atoms with van der Waals surface area (Å²) in [6, 6.07) is 0.521. The zero-order chi connectivity index (χ0) is 7.98. The normalized spacial score (nSPS) is 14.1. The summed E-state index contributed by atoms with van der Waals surface area (Å²) in [5.41, 5.74) is 0. The van der Waals surface area contributed by atoms with Crippen molar-refractivity contribution in [2.45, 2.75) is 32.7 Å². The van der Waals surface area contributed by atoms with Gasteiger partial charge in [0.2, 0.25) is 0 Å². The Morgan fingerprint density at radius 2 is 2.10 bits per heavy atom. The van der Waals surface area contributed by atoms with E-state index in [0.717, 1.165) is 5.88 Å². The van der Waals surface area contributed by atoms with Crippen LogP contribution in [0, 0.1) is 0 Å². The minimum Gasteiger partial charge on any atom is -0.303 e. The fourth-order valence-electron chi connectivity index (χ4n) is 0.746. The van der Waals surface area contributed by atoms with E-state index < -0.39 is 0 Å². The van der Waals surface area contributed by atoms with Gasteiger partial charge in [-0.05, 0) is 26.9 Å². The van der Waals surface area contributed by atoms with Gasteiger partial charge in [0.25, 0.3) is 0 Å². The molecule has 2 heteroatoms. The molecule has 0 aromatic rings. The van der Waals surface area contributed by atoms with E-state index >= 15 is 0 Å². The first-order valence-corrected chi connectivity index (χ1v) is 4.52. The van der Waals surface area contributed by atoms with E-state index in [2.05, 4.69) is 25.8 Å². The zero-order valence-electron chi connectivity index (χ0n) is 7.23. The summed E-state index contributed by atoms with van der Waals surface area (Å²) in [5.74, 6) is 0.736. The largest absolute Gasteiger partial charge is 0.303 e. The molecule has 0 radical (unpaired) electrons. The molecule has 0 saturated carbocycles. The molecule has 0 bridgehead atoms. The molecule has 1 nitrogen and oxygen atoms in total. The second-order valence-electron chi connectivity index (χ2n) is 2.84. The molecule has 0 heterocycles. The number of alkyl halides is 1. The monoisotopic (exact) mass is 163 g/mol. The lowest BCUT2D eigenvalue weighted by Crippen LogP contribution is -2.31. The second kappa shape index (κ2) is 5.99. The van der Waals surface area contributed by atoms with Crippen LogP contribution in [0.15, 0.2) is 0 Å². The summed E-state index contributed by atoms with van der Waals surface area (Å²) in [7, 11) is 2.13. The average molecular weight is 164 g/mol. The Balaban J connectivity index is 3.31. The van der Waals surface area contributed by atoms with Gasteiger partial charge >= 0.3 is 0 Å². The van der Waals surface area contributed by atoms with E-state index in [9.17, 15) is 0 Å². The molecule has 10 heavy (non-hydrogen) atoms. The predicted molar refractivity (Wildman–Crippen MR) is 47.7 cm³/mol. The van der Waals surface area contributed by atoms with Crippen molar-refractivity contribution in [1.29, 1.82) is 0 Å². The summed E-state index contributed by atoms with van der Waals surface area (Å²) in [5, 5.41) is 0. The molecule has 0 aromatic heterocycles. The first kappa shape index (κ1) is 10.2. The van der Waals surface area contributed by atoms with Gasteiger partial charge in [-0.1, -0.05) is 13.3 Å². The Kier molecular flexibility index (Phi) is 6.14. The third kappa shape index (κ3) is 4.13. The number of halogens is 1. The summed E-state index contributed by atoms with van der Waals surface area (Å²) in [6.07, 6.45) is 2.54.